The number of nitrogens with zero attached hydrogens (tertiary/aromatic N) is 2. The molecule has 1 aliphatic rings. The molecule has 1 aromatic rings. The Labute approximate surface area is 147 Å². The number of hydrogen-bond acceptors (Lipinski definition) is 6. The van der Waals surface area contributed by atoms with Crippen molar-refractivity contribution in [3.63, 3.8) is 0 Å². The van der Waals surface area contributed by atoms with Gasteiger partial charge in [0.1, 0.15) is 11.0 Å². The van der Waals surface area contributed by atoms with Gasteiger partial charge in [0.2, 0.25) is 0 Å². The zero-order valence-electron chi connectivity index (χ0n) is 15.1. The van der Waals surface area contributed by atoms with Crippen LogP contribution in [0, 0.1) is 5.41 Å². The monoisotopic (exact) mass is 348 g/mol. The zero-order valence-corrected chi connectivity index (χ0v) is 15.1. The van der Waals surface area contributed by atoms with Crippen molar-refractivity contribution < 1.29 is 23.9 Å². The summed E-state index contributed by atoms with van der Waals surface area (Å²) in [5.74, 6) is -0.902. The van der Waals surface area contributed by atoms with Crippen LogP contribution in [-0.4, -0.2) is 53.5 Å². The molecule has 1 atom stereocenters. The van der Waals surface area contributed by atoms with Gasteiger partial charge in [0, 0.05) is 37.8 Å². The molecule has 0 aliphatic carbocycles. The molecule has 2 heterocycles. The summed E-state index contributed by atoms with van der Waals surface area (Å²) in [6.45, 7) is 5.43. The third-order valence-corrected chi connectivity index (χ3v) is 4.04. The number of ketones is 1. The van der Waals surface area contributed by atoms with Gasteiger partial charge in [-0.1, -0.05) is 6.07 Å². The topological polar surface area (TPSA) is 85.8 Å². The molecule has 1 aromatic heterocycles. The number of likely N-dealkylation sites (tertiary alicyclic amines) is 1. The van der Waals surface area contributed by atoms with Gasteiger partial charge in [0.15, 0.2) is 5.78 Å². The number of aromatic nitrogens is 1. The van der Waals surface area contributed by atoms with Crippen LogP contribution in [0.15, 0.2) is 24.4 Å². The van der Waals surface area contributed by atoms with Crippen LogP contribution in [0.25, 0.3) is 0 Å². The molecule has 136 valence electrons. The first-order chi connectivity index (χ1) is 11.7. The predicted octanol–water partition coefficient (Wildman–Crippen LogP) is 1.99. The number of esters is 1. The van der Waals surface area contributed by atoms with Crippen molar-refractivity contribution in [2.75, 3.05) is 20.2 Å². The normalized spacial score (nSPS) is 21.0. The van der Waals surface area contributed by atoms with Crippen LogP contribution < -0.4 is 0 Å². The molecule has 0 N–H and O–H groups in total. The van der Waals surface area contributed by atoms with E-state index in [1.807, 2.05) is 0 Å². The molecular weight excluding hydrogens is 324 g/mol. The number of carbonyl (C=O) groups excluding carboxylic acids is 3. The van der Waals surface area contributed by atoms with E-state index >= 15 is 0 Å². The highest BCUT2D eigenvalue weighted by Crippen LogP contribution is 2.32. The number of Topliss-reactive ketones (excluding diaryl/α,β-unsaturated/α-hetero) is 1. The molecule has 0 spiro atoms. The van der Waals surface area contributed by atoms with E-state index in [1.54, 1.807) is 45.2 Å². The van der Waals surface area contributed by atoms with E-state index in [4.69, 9.17) is 9.47 Å². The molecule has 0 bridgehead atoms. The number of hydrogen-bond donors (Lipinski definition) is 0. The smallest absolute Gasteiger partial charge is 0.410 e. The van der Waals surface area contributed by atoms with Gasteiger partial charge >= 0.3 is 12.1 Å². The maximum absolute atomic E-state index is 12.7. The first kappa shape index (κ1) is 18.9. The van der Waals surface area contributed by atoms with Crippen LogP contribution in [0.2, 0.25) is 0 Å². The SMILES string of the molecule is COC(=O)C1(Cc2ccccn2)CN(C(=O)OC(C)(C)C)CCC1=O. The fourth-order valence-corrected chi connectivity index (χ4v) is 2.86. The van der Waals surface area contributed by atoms with Crippen molar-refractivity contribution in [3.8, 4) is 0 Å². The number of rotatable bonds is 3. The van der Waals surface area contributed by atoms with E-state index in [1.165, 1.54) is 12.0 Å². The van der Waals surface area contributed by atoms with Crippen molar-refractivity contribution in [1.29, 1.82) is 0 Å². The number of methoxy groups -OCH3 is 1. The Bertz CT molecular complexity index is 643. The van der Waals surface area contributed by atoms with Crippen LogP contribution in [-0.2, 0) is 25.5 Å². The average Bonchev–Trinajstić information content (AvgIpc) is 2.55. The second-order valence-electron chi connectivity index (χ2n) is 7.15. The average molecular weight is 348 g/mol. The number of piperidine rings is 1. The highest BCUT2D eigenvalue weighted by Gasteiger charge is 2.51. The fraction of sp³-hybridized carbons (Fsp3) is 0.556. The van der Waals surface area contributed by atoms with Crippen LogP contribution in [0.4, 0.5) is 4.79 Å². The van der Waals surface area contributed by atoms with Crippen LogP contribution in [0.3, 0.4) is 0 Å². The lowest BCUT2D eigenvalue weighted by molar-refractivity contribution is -0.161. The van der Waals surface area contributed by atoms with Gasteiger partial charge in [-0.3, -0.25) is 14.6 Å². The predicted molar refractivity (Wildman–Crippen MR) is 89.8 cm³/mol. The quantitative estimate of drug-likeness (QED) is 0.613. The largest absolute Gasteiger partial charge is 0.468 e. The van der Waals surface area contributed by atoms with Gasteiger partial charge in [-0.2, -0.15) is 0 Å². The number of amides is 1. The summed E-state index contributed by atoms with van der Waals surface area (Å²) >= 11 is 0. The minimum absolute atomic E-state index is 0.0706. The van der Waals surface area contributed by atoms with Crippen molar-refractivity contribution in [3.05, 3.63) is 30.1 Å². The van der Waals surface area contributed by atoms with E-state index in [2.05, 4.69) is 4.98 Å². The molecule has 7 heteroatoms. The van der Waals surface area contributed by atoms with Gasteiger partial charge in [-0.15, -0.1) is 0 Å². The third-order valence-electron chi connectivity index (χ3n) is 4.04. The summed E-state index contributed by atoms with van der Waals surface area (Å²) in [4.78, 5) is 43.2. The van der Waals surface area contributed by atoms with Crippen molar-refractivity contribution in [2.24, 2.45) is 5.41 Å². The molecule has 1 aliphatic heterocycles. The van der Waals surface area contributed by atoms with Gasteiger partial charge < -0.3 is 14.4 Å². The van der Waals surface area contributed by atoms with Crippen LogP contribution >= 0.6 is 0 Å². The van der Waals surface area contributed by atoms with E-state index in [0.29, 0.717) is 5.69 Å². The molecule has 1 amide bonds. The Morgan fingerprint density at radius 1 is 1.32 bits per heavy atom. The molecule has 25 heavy (non-hydrogen) atoms. The number of ether oxygens (including phenoxy) is 2. The van der Waals surface area contributed by atoms with E-state index in [9.17, 15) is 14.4 Å². The molecule has 0 aromatic carbocycles. The summed E-state index contributed by atoms with van der Waals surface area (Å²) in [5, 5.41) is 0. The minimum Gasteiger partial charge on any atom is -0.468 e. The molecule has 0 radical (unpaired) electrons. The lowest BCUT2D eigenvalue weighted by Gasteiger charge is -2.39. The lowest BCUT2D eigenvalue weighted by atomic mass is 9.75. The van der Waals surface area contributed by atoms with Gasteiger partial charge in [0.05, 0.1) is 7.11 Å². The number of carbonyl (C=O) groups is 3. The molecule has 1 fully saturated rings. The van der Waals surface area contributed by atoms with Gasteiger partial charge in [0.25, 0.3) is 0 Å². The highest BCUT2D eigenvalue weighted by molar-refractivity contribution is 6.05. The number of pyridine rings is 1. The van der Waals surface area contributed by atoms with Crippen LogP contribution in [0.5, 0.6) is 0 Å². The summed E-state index contributed by atoms with van der Waals surface area (Å²) in [6.07, 6.45) is 1.20. The Balaban J connectivity index is 2.31. The molecule has 0 saturated carbocycles. The zero-order chi connectivity index (χ0) is 18.7. The Kier molecular flexibility index (Phi) is 5.45. The van der Waals surface area contributed by atoms with Crippen molar-refractivity contribution >= 4 is 17.8 Å². The molecule has 1 saturated heterocycles. The Hall–Kier alpha value is -2.44. The molecule has 7 nitrogen and oxygen atoms in total. The second-order valence-corrected chi connectivity index (χ2v) is 7.15. The van der Waals surface area contributed by atoms with Crippen molar-refractivity contribution in [2.45, 2.75) is 39.2 Å². The highest BCUT2D eigenvalue weighted by atomic mass is 16.6. The standard InChI is InChI=1S/C18H24N2O5/c1-17(2,3)25-16(23)20-10-8-14(21)18(12-20,15(22)24-4)11-13-7-5-6-9-19-13/h5-7,9H,8,10-12H2,1-4H3. The van der Waals surface area contributed by atoms with Gasteiger partial charge in [-0.05, 0) is 32.9 Å². The van der Waals surface area contributed by atoms with E-state index in [0.717, 1.165) is 0 Å². The molecular formula is C18H24N2O5. The summed E-state index contributed by atoms with van der Waals surface area (Å²) in [5.41, 5.74) is -1.53. The Morgan fingerprint density at radius 2 is 2.04 bits per heavy atom. The van der Waals surface area contributed by atoms with Crippen LogP contribution in [0.1, 0.15) is 32.9 Å². The second kappa shape index (κ2) is 7.21. The summed E-state index contributed by atoms with van der Waals surface area (Å²) < 4.78 is 10.3. The first-order valence-corrected chi connectivity index (χ1v) is 8.17. The lowest BCUT2D eigenvalue weighted by Crippen LogP contribution is -2.57. The minimum atomic E-state index is -1.46. The maximum Gasteiger partial charge on any atom is 0.410 e. The van der Waals surface area contributed by atoms with E-state index in [-0.39, 0.29) is 31.7 Å². The Morgan fingerprint density at radius 3 is 2.60 bits per heavy atom. The molecule has 1 unspecified atom stereocenters. The first-order valence-electron chi connectivity index (χ1n) is 8.17. The summed E-state index contributed by atoms with van der Waals surface area (Å²) in [7, 11) is 1.24. The van der Waals surface area contributed by atoms with E-state index < -0.39 is 23.1 Å². The van der Waals surface area contributed by atoms with Crippen molar-refractivity contribution in [1.82, 2.24) is 9.88 Å². The molecule has 2 rings (SSSR count). The van der Waals surface area contributed by atoms with Gasteiger partial charge in [-0.25, -0.2) is 4.79 Å². The third kappa shape index (κ3) is 4.35. The summed E-state index contributed by atoms with van der Waals surface area (Å²) in [6, 6.07) is 5.28. The maximum atomic E-state index is 12.7. The fourth-order valence-electron chi connectivity index (χ4n) is 2.86.